The van der Waals surface area contributed by atoms with Gasteiger partial charge in [0.25, 0.3) is 0 Å². The van der Waals surface area contributed by atoms with E-state index in [0.717, 1.165) is 0 Å². The van der Waals surface area contributed by atoms with Gasteiger partial charge in [-0.2, -0.15) is 5.10 Å². The van der Waals surface area contributed by atoms with E-state index in [1.54, 1.807) is 24.3 Å². The Kier molecular flexibility index (Phi) is 4.19. The molecule has 5 atom stereocenters. The standard InChI is InChI=1S/C14H17N3O5/c18-6-9-11(20)12(21)14(22-9)17-7-15-13(16-17)10(19)8-4-2-1-3-5-8/h1-5,7,9-12,14,18-21H,6H2/t9-,10?,11?,12?,14?/m1/s1. The summed E-state index contributed by atoms with van der Waals surface area (Å²) in [5.74, 6) is 0.156. The van der Waals surface area contributed by atoms with Crippen LogP contribution in [-0.2, 0) is 4.74 Å². The van der Waals surface area contributed by atoms with Crippen molar-refractivity contribution in [3.05, 3.63) is 48.0 Å². The molecule has 0 radical (unpaired) electrons. The molecule has 8 heteroatoms. The van der Waals surface area contributed by atoms with Crippen LogP contribution >= 0.6 is 0 Å². The van der Waals surface area contributed by atoms with Crippen LogP contribution in [0.5, 0.6) is 0 Å². The minimum absolute atomic E-state index is 0.156. The van der Waals surface area contributed by atoms with Gasteiger partial charge in [-0.15, -0.1) is 0 Å². The van der Waals surface area contributed by atoms with Crippen LogP contribution in [0.1, 0.15) is 23.7 Å². The van der Waals surface area contributed by atoms with E-state index in [1.807, 2.05) is 6.07 Å². The summed E-state index contributed by atoms with van der Waals surface area (Å²) in [6, 6.07) is 8.92. The molecule has 0 spiro atoms. The molecule has 1 saturated heterocycles. The maximum absolute atomic E-state index is 10.2. The highest BCUT2D eigenvalue weighted by atomic mass is 16.6. The van der Waals surface area contributed by atoms with Crippen LogP contribution in [0.4, 0.5) is 0 Å². The van der Waals surface area contributed by atoms with Crippen molar-refractivity contribution in [2.75, 3.05) is 6.61 Å². The first-order valence-electron chi connectivity index (χ1n) is 6.88. The van der Waals surface area contributed by atoms with Crippen molar-refractivity contribution in [3.8, 4) is 0 Å². The molecule has 1 aromatic carbocycles. The number of hydrogen-bond donors (Lipinski definition) is 4. The van der Waals surface area contributed by atoms with E-state index in [1.165, 1.54) is 11.0 Å². The van der Waals surface area contributed by atoms with Crippen LogP contribution in [0.15, 0.2) is 36.7 Å². The number of hydrogen-bond acceptors (Lipinski definition) is 7. The molecular weight excluding hydrogens is 290 g/mol. The van der Waals surface area contributed by atoms with Crippen molar-refractivity contribution >= 4 is 0 Å². The number of aromatic nitrogens is 3. The van der Waals surface area contributed by atoms with Gasteiger partial charge in [0.05, 0.1) is 6.61 Å². The quantitative estimate of drug-likeness (QED) is 0.570. The van der Waals surface area contributed by atoms with Crippen LogP contribution < -0.4 is 0 Å². The number of aliphatic hydroxyl groups excluding tert-OH is 4. The fourth-order valence-electron chi connectivity index (χ4n) is 2.42. The number of ether oxygens (including phenoxy) is 1. The Morgan fingerprint density at radius 3 is 2.55 bits per heavy atom. The normalized spacial score (nSPS) is 29.6. The van der Waals surface area contributed by atoms with Gasteiger partial charge in [-0.1, -0.05) is 30.3 Å². The summed E-state index contributed by atoms with van der Waals surface area (Å²) in [6.07, 6.45) is -3.98. The van der Waals surface area contributed by atoms with Gasteiger partial charge in [0, 0.05) is 0 Å². The SMILES string of the molecule is OC[C@H]1OC(n2cnc(C(O)c3ccccc3)n2)C(O)C1O. The molecule has 4 N–H and O–H groups in total. The summed E-state index contributed by atoms with van der Waals surface area (Å²) < 4.78 is 6.58. The van der Waals surface area contributed by atoms with Crippen molar-refractivity contribution in [2.45, 2.75) is 30.6 Å². The van der Waals surface area contributed by atoms with Gasteiger partial charge in [-0.05, 0) is 5.56 Å². The second-order valence-electron chi connectivity index (χ2n) is 5.12. The topological polar surface area (TPSA) is 121 Å². The van der Waals surface area contributed by atoms with Crippen LogP contribution in [0, 0.1) is 0 Å². The average Bonchev–Trinajstić information content (AvgIpc) is 3.14. The largest absolute Gasteiger partial charge is 0.394 e. The monoisotopic (exact) mass is 307 g/mol. The lowest BCUT2D eigenvalue weighted by Crippen LogP contribution is -2.33. The first-order valence-corrected chi connectivity index (χ1v) is 6.88. The van der Waals surface area contributed by atoms with Crippen molar-refractivity contribution < 1.29 is 25.2 Å². The third-order valence-electron chi connectivity index (χ3n) is 3.66. The van der Waals surface area contributed by atoms with Gasteiger partial charge >= 0.3 is 0 Å². The Hall–Kier alpha value is -1.84. The molecule has 2 heterocycles. The number of rotatable bonds is 4. The Balaban J connectivity index is 1.80. The number of benzene rings is 1. The summed E-state index contributed by atoms with van der Waals surface area (Å²) >= 11 is 0. The van der Waals surface area contributed by atoms with Crippen LogP contribution in [-0.4, -0.2) is 60.1 Å². The molecular formula is C14H17N3O5. The maximum Gasteiger partial charge on any atom is 0.183 e. The Morgan fingerprint density at radius 1 is 1.18 bits per heavy atom. The second kappa shape index (κ2) is 6.11. The summed E-state index contributed by atoms with van der Waals surface area (Å²) in [6.45, 7) is -0.414. The van der Waals surface area contributed by atoms with Gasteiger partial charge in [0.2, 0.25) is 0 Å². The van der Waals surface area contributed by atoms with Crippen molar-refractivity contribution in [2.24, 2.45) is 0 Å². The van der Waals surface area contributed by atoms with E-state index >= 15 is 0 Å². The van der Waals surface area contributed by atoms with E-state index in [9.17, 15) is 15.3 Å². The molecule has 0 aliphatic carbocycles. The summed E-state index contributed by atoms with van der Waals surface area (Å²) in [5.41, 5.74) is 0.640. The van der Waals surface area contributed by atoms with Crippen molar-refractivity contribution in [1.82, 2.24) is 14.8 Å². The molecule has 118 valence electrons. The molecule has 4 unspecified atom stereocenters. The second-order valence-corrected chi connectivity index (χ2v) is 5.12. The average molecular weight is 307 g/mol. The highest BCUT2D eigenvalue weighted by molar-refractivity contribution is 5.21. The van der Waals surface area contributed by atoms with E-state index < -0.39 is 37.3 Å². The van der Waals surface area contributed by atoms with Gasteiger partial charge < -0.3 is 25.2 Å². The minimum atomic E-state index is -1.24. The van der Waals surface area contributed by atoms with Gasteiger partial charge in [-0.25, -0.2) is 9.67 Å². The summed E-state index contributed by atoms with van der Waals surface area (Å²) in [7, 11) is 0. The lowest BCUT2D eigenvalue weighted by atomic mass is 10.1. The third kappa shape index (κ3) is 2.62. The zero-order chi connectivity index (χ0) is 15.7. The fourth-order valence-corrected chi connectivity index (χ4v) is 2.42. The lowest BCUT2D eigenvalue weighted by Gasteiger charge is -2.14. The zero-order valence-corrected chi connectivity index (χ0v) is 11.6. The smallest absolute Gasteiger partial charge is 0.183 e. The van der Waals surface area contributed by atoms with Crippen LogP contribution in [0.25, 0.3) is 0 Å². The highest BCUT2D eigenvalue weighted by Gasteiger charge is 2.44. The molecule has 0 saturated carbocycles. The van der Waals surface area contributed by atoms with E-state index in [4.69, 9.17) is 9.84 Å². The Labute approximate surface area is 126 Å². The molecule has 1 aliphatic rings. The van der Waals surface area contributed by atoms with E-state index in [2.05, 4.69) is 10.1 Å². The number of aliphatic hydroxyl groups is 4. The molecule has 8 nitrogen and oxygen atoms in total. The Morgan fingerprint density at radius 2 is 1.91 bits per heavy atom. The third-order valence-corrected chi connectivity index (χ3v) is 3.66. The van der Waals surface area contributed by atoms with Gasteiger partial charge in [-0.3, -0.25) is 0 Å². The van der Waals surface area contributed by atoms with Crippen LogP contribution in [0.2, 0.25) is 0 Å². The van der Waals surface area contributed by atoms with Gasteiger partial charge in [0.1, 0.15) is 30.7 Å². The molecule has 3 rings (SSSR count). The van der Waals surface area contributed by atoms with E-state index in [0.29, 0.717) is 5.56 Å². The van der Waals surface area contributed by atoms with Crippen LogP contribution in [0.3, 0.4) is 0 Å². The predicted molar refractivity (Wildman–Crippen MR) is 73.5 cm³/mol. The number of nitrogens with zero attached hydrogens (tertiary/aromatic N) is 3. The summed E-state index contributed by atoms with van der Waals surface area (Å²) in [4.78, 5) is 4.01. The molecule has 0 amide bonds. The summed E-state index contributed by atoms with van der Waals surface area (Å²) in [5, 5.41) is 43.1. The minimum Gasteiger partial charge on any atom is -0.394 e. The Bertz CT molecular complexity index is 620. The molecule has 2 aromatic rings. The van der Waals surface area contributed by atoms with Crippen molar-refractivity contribution in [1.29, 1.82) is 0 Å². The fraction of sp³-hybridized carbons (Fsp3) is 0.429. The maximum atomic E-state index is 10.2. The molecule has 1 aromatic heterocycles. The molecule has 0 bridgehead atoms. The lowest BCUT2D eigenvalue weighted by molar-refractivity contribution is -0.0591. The molecule has 1 aliphatic heterocycles. The van der Waals surface area contributed by atoms with Crippen molar-refractivity contribution in [3.63, 3.8) is 0 Å². The van der Waals surface area contributed by atoms with Gasteiger partial charge in [0.15, 0.2) is 12.1 Å². The molecule has 22 heavy (non-hydrogen) atoms. The zero-order valence-electron chi connectivity index (χ0n) is 11.6. The first kappa shape index (κ1) is 15.1. The highest BCUT2D eigenvalue weighted by Crippen LogP contribution is 2.29. The first-order chi connectivity index (χ1) is 10.6. The predicted octanol–water partition coefficient (Wildman–Crippen LogP) is -1.03. The van der Waals surface area contributed by atoms with E-state index in [-0.39, 0.29) is 5.82 Å². The molecule has 1 fully saturated rings.